The summed E-state index contributed by atoms with van der Waals surface area (Å²) in [5.41, 5.74) is 2.48. The fourth-order valence-electron chi connectivity index (χ4n) is 3.24. The van der Waals surface area contributed by atoms with Crippen LogP contribution in [0.3, 0.4) is 0 Å². The van der Waals surface area contributed by atoms with E-state index < -0.39 is 12.1 Å². The number of rotatable bonds is 2. The topological polar surface area (TPSA) is 59.7 Å². The second-order valence-corrected chi connectivity index (χ2v) is 7.16. The lowest BCUT2D eigenvalue weighted by molar-refractivity contribution is 0.0690. The molecule has 1 aromatic heterocycles. The molecule has 1 unspecified atom stereocenters. The number of esters is 1. The molecule has 0 amide bonds. The Morgan fingerprint density at radius 3 is 2.57 bits per heavy atom. The Balaban J connectivity index is 1.89. The number of hydrogen-bond donors (Lipinski definition) is 1. The van der Waals surface area contributed by atoms with Crippen LogP contribution in [0.15, 0.2) is 28.7 Å². The molecule has 0 saturated heterocycles. The smallest absolute Gasteiger partial charge is 0.379 e. The third-order valence-electron chi connectivity index (χ3n) is 4.41. The molecule has 3 rings (SSSR count). The standard InChI is InChI=1S/C19H22O4/c1-11-5-7-13(8-6-11)22-18(21)17-12(2)16-14(20)9-19(3,4)10-15(16)23-17/h5-8,14,20H,9-10H2,1-4H3. The lowest BCUT2D eigenvalue weighted by Crippen LogP contribution is -2.24. The van der Waals surface area contributed by atoms with E-state index in [0.717, 1.165) is 11.1 Å². The van der Waals surface area contributed by atoms with Crippen LogP contribution in [-0.4, -0.2) is 11.1 Å². The largest absolute Gasteiger partial charge is 0.453 e. The van der Waals surface area contributed by atoms with Crippen LogP contribution in [-0.2, 0) is 6.42 Å². The summed E-state index contributed by atoms with van der Waals surface area (Å²) in [6.07, 6.45) is 0.767. The number of aryl methyl sites for hydroxylation is 1. The molecule has 23 heavy (non-hydrogen) atoms. The lowest BCUT2D eigenvalue weighted by atomic mass is 9.75. The number of hydrogen-bond acceptors (Lipinski definition) is 4. The maximum Gasteiger partial charge on any atom is 0.379 e. The van der Waals surface area contributed by atoms with Crippen LogP contribution >= 0.6 is 0 Å². The van der Waals surface area contributed by atoms with E-state index in [1.54, 1.807) is 19.1 Å². The Bertz CT molecular complexity index is 737. The monoisotopic (exact) mass is 314 g/mol. The number of furan rings is 1. The van der Waals surface area contributed by atoms with Crippen molar-refractivity contribution in [1.82, 2.24) is 0 Å². The molecule has 2 aromatic rings. The fraction of sp³-hybridized carbons (Fsp3) is 0.421. The van der Waals surface area contributed by atoms with E-state index in [-0.39, 0.29) is 11.2 Å². The molecule has 122 valence electrons. The van der Waals surface area contributed by atoms with Crippen molar-refractivity contribution in [3.63, 3.8) is 0 Å². The summed E-state index contributed by atoms with van der Waals surface area (Å²) >= 11 is 0. The minimum Gasteiger partial charge on any atom is -0.453 e. The molecular weight excluding hydrogens is 292 g/mol. The van der Waals surface area contributed by atoms with Gasteiger partial charge in [-0.05, 0) is 37.8 Å². The van der Waals surface area contributed by atoms with Crippen molar-refractivity contribution in [3.8, 4) is 5.75 Å². The van der Waals surface area contributed by atoms with E-state index in [4.69, 9.17) is 9.15 Å². The number of carbonyl (C=O) groups excluding carboxylic acids is 1. The number of aliphatic hydroxyl groups excluding tert-OH is 1. The molecule has 1 atom stereocenters. The van der Waals surface area contributed by atoms with Crippen LogP contribution in [0.1, 0.15) is 59.4 Å². The van der Waals surface area contributed by atoms with Gasteiger partial charge in [0.2, 0.25) is 5.76 Å². The Morgan fingerprint density at radius 2 is 1.91 bits per heavy atom. The Hall–Kier alpha value is -2.07. The molecule has 1 aliphatic rings. The van der Waals surface area contributed by atoms with Crippen LogP contribution in [0, 0.1) is 19.3 Å². The second-order valence-electron chi connectivity index (χ2n) is 7.16. The molecule has 4 heteroatoms. The van der Waals surface area contributed by atoms with E-state index in [9.17, 15) is 9.90 Å². The molecule has 0 spiro atoms. The summed E-state index contributed by atoms with van der Waals surface area (Å²) < 4.78 is 11.2. The van der Waals surface area contributed by atoms with Gasteiger partial charge in [-0.2, -0.15) is 0 Å². The highest BCUT2D eigenvalue weighted by Crippen LogP contribution is 2.44. The van der Waals surface area contributed by atoms with E-state index in [1.165, 1.54) is 0 Å². The molecule has 0 radical (unpaired) electrons. The van der Waals surface area contributed by atoms with E-state index in [0.29, 0.717) is 29.9 Å². The van der Waals surface area contributed by atoms with Crippen LogP contribution in [0.4, 0.5) is 0 Å². The zero-order valence-electron chi connectivity index (χ0n) is 14.0. The summed E-state index contributed by atoms with van der Waals surface area (Å²) in [6.45, 7) is 7.94. The van der Waals surface area contributed by atoms with Gasteiger partial charge in [0.15, 0.2) is 0 Å². The van der Waals surface area contributed by atoms with Crippen molar-refractivity contribution in [2.24, 2.45) is 5.41 Å². The van der Waals surface area contributed by atoms with Gasteiger partial charge in [0.25, 0.3) is 0 Å². The number of ether oxygens (including phenoxy) is 1. The molecular formula is C19H22O4. The number of benzene rings is 1. The van der Waals surface area contributed by atoms with Gasteiger partial charge in [-0.15, -0.1) is 0 Å². The van der Waals surface area contributed by atoms with Gasteiger partial charge in [-0.25, -0.2) is 4.79 Å². The molecule has 1 aliphatic carbocycles. The van der Waals surface area contributed by atoms with Crippen molar-refractivity contribution in [3.05, 3.63) is 52.5 Å². The summed E-state index contributed by atoms with van der Waals surface area (Å²) in [5, 5.41) is 10.4. The molecule has 0 fully saturated rings. The highest BCUT2D eigenvalue weighted by atomic mass is 16.5. The van der Waals surface area contributed by atoms with Gasteiger partial charge in [0, 0.05) is 17.5 Å². The first-order chi connectivity index (χ1) is 10.8. The first-order valence-corrected chi connectivity index (χ1v) is 7.86. The number of carbonyl (C=O) groups is 1. The Kier molecular flexibility index (Phi) is 3.80. The second kappa shape index (κ2) is 5.53. The fourth-order valence-corrected chi connectivity index (χ4v) is 3.24. The maximum atomic E-state index is 12.4. The molecule has 1 N–H and O–H groups in total. The third kappa shape index (κ3) is 3.04. The molecule has 0 aliphatic heterocycles. The van der Waals surface area contributed by atoms with Crippen molar-refractivity contribution >= 4 is 5.97 Å². The molecule has 1 aromatic carbocycles. The van der Waals surface area contributed by atoms with Gasteiger partial charge < -0.3 is 14.3 Å². The van der Waals surface area contributed by atoms with E-state index in [1.807, 2.05) is 19.1 Å². The van der Waals surface area contributed by atoms with Gasteiger partial charge in [0.1, 0.15) is 11.5 Å². The first kappa shape index (κ1) is 15.8. The van der Waals surface area contributed by atoms with Crippen LogP contribution in [0.2, 0.25) is 0 Å². The average Bonchev–Trinajstić information content (AvgIpc) is 2.77. The van der Waals surface area contributed by atoms with Crippen LogP contribution in [0.5, 0.6) is 5.75 Å². The molecule has 0 saturated carbocycles. The minimum absolute atomic E-state index is 0.0468. The Morgan fingerprint density at radius 1 is 1.26 bits per heavy atom. The van der Waals surface area contributed by atoms with Crippen LogP contribution < -0.4 is 4.74 Å². The zero-order valence-corrected chi connectivity index (χ0v) is 14.0. The average molecular weight is 314 g/mol. The van der Waals surface area contributed by atoms with Gasteiger partial charge in [-0.1, -0.05) is 31.5 Å². The normalized spacial score (nSPS) is 19.3. The highest BCUT2D eigenvalue weighted by Gasteiger charge is 2.37. The van der Waals surface area contributed by atoms with Gasteiger partial charge in [-0.3, -0.25) is 0 Å². The minimum atomic E-state index is -0.599. The van der Waals surface area contributed by atoms with Gasteiger partial charge >= 0.3 is 5.97 Å². The lowest BCUT2D eigenvalue weighted by Gasteiger charge is -2.31. The van der Waals surface area contributed by atoms with Crippen LogP contribution in [0.25, 0.3) is 0 Å². The maximum absolute atomic E-state index is 12.4. The number of aliphatic hydroxyl groups is 1. The summed E-state index contributed by atoms with van der Waals surface area (Å²) in [7, 11) is 0. The first-order valence-electron chi connectivity index (χ1n) is 7.86. The molecule has 1 heterocycles. The highest BCUT2D eigenvalue weighted by molar-refractivity contribution is 5.90. The third-order valence-corrected chi connectivity index (χ3v) is 4.41. The van der Waals surface area contributed by atoms with Crippen molar-refractivity contribution < 1.29 is 19.1 Å². The molecule has 0 bridgehead atoms. The quantitative estimate of drug-likeness (QED) is 0.669. The Labute approximate surface area is 136 Å². The summed E-state index contributed by atoms with van der Waals surface area (Å²) in [6, 6.07) is 7.27. The van der Waals surface area contributed by atoms with Gasteiger partial charge in [0.05, 0.1) is 6.10 Å². The van der Waals surface area contributed by atoms with E-state index >= 15 is 0 Å². The summed E-state index contributed by atoms with van der Waals surface area (Å²) in [4.78, 5) is 12.4. The van der Waals surface area contributed by atoms with E-state index in [2.05, 4.69) is 13.8 Å². The van der Waals surface area contributed by atoms with Crippen molar-refractivity contribution in [1.29, 1.82) is 0 Å². The SMILES string of the molecule is Cc1ccc(OC(=O)c2oc3c(c2C)C(O)CC(C)(C)C3)cc1. The van der Waals surface area contributed by atoms with Crippen molar-refractivity contribution in [2.75, 3.05) is 0 Å². The van der Waals surface area contributed by atoms with Crippen molar-refractivity contribution in [2.45, 2.75) is 46.6 Å². The zero-order chi connectivity index (χ0) is 16.8. The molecule has 4 nitrogen and oxygen atoms in total. The predicted molar refractivity (Wildman–Crippen MR) is 86.6 cm³/mol. The summed E-state index contributed by atoms with van der Waals surface area (Å²) in [5.74, 6) is 0.843. The number of fused-ring (bicyclic) bond motifs is 1. The predicted octanol–water partition coefficient (Wildman–Crippen LogP) is 4.12.